The number of pyridine rings is 1. The molecule has 0 spiro atoms. The van der Waals surface area contributed by atoms with Gasteiger partial charge in [0.15, 0.2) is 5.96 Å². The van der Waals surface area contributed by atoms with Crippen LogP contribution in [0.25, 0.3) is 0 Å². The molecule has 148 valence electrons. The van der Waals surface area contributed by atoms with Gasteiger partial charge >= 0.3 is 0 Å². The van der Waals surface area contributed by atoms with Crippen LogP contribution in [0.1, 0.15) is 11.3 Å². The van der Waals surface area contributed by atoms with Crippen molar-refractivity contribution < 1.29 is 4.42 Å². The number of aliphatic imine (C=N–C) groups is 1. The molecule has 0 radical (unpaired) electrons. The highest BCUT2D eigenvalue weighted by Crippen LogP contribution is 2.18. The third-order valence-corrected chi connectivity index (χ3v) is 4.58. The number of piperazine rings is 1. The van der Waals surface area contributed by atoms with Gasteiger partial charge in [-0.05, 0) is 25.2 Å². The average Bonchev–Trinajstić information content (AvgIpc) is 3.19. The van der Waals surface area contributed by atoms with Gasteiger partial charge in [-0.15, -0.1) is 24.0 Å². The molecule has 27 heavy (non-hydrogen) atoms. The number of nitrogens with zero attached hydrogens (tertiary/aromatic N) is 4. The third-order valence-electron chi connectivity index (χ3n) is 4.58. The Hall–Kier alpha value is -1.81. The summed E-state index contributed by atoms with van der Waals surface area (Å²) in [6.07, 6.45) is 4.39. The summed E-state index contributed by atoms with van der Waals surface area (Å²) in [5.41, 5.74) is 1.19. The first-order chi connectivity index (χ1) is 12.8. The second-order valence-electron chi connectivity index (χ2n) is 6.46. The number of aromatic nitrogens is 1. The number of halogens is 1. The minimum Gasteiger partial charge on any atom is -0.469 e. The zero-order valence-corrected chi connectivity index (χ0v) is 18.3. The lowest BCUT2D eigenvalue weighted by Gasteiger charge is -2.34. The Morgan fingerprint density at radius 1 is 1.19 bits per heavy atom. The molecule has 1 aliphatic heterocycles. The van der Waals surface area contributed by atoms with Crippen molar-refractivity contribution in [3.63, 3.8) is 0 Å². The first-order valence-electron chi connectivity index (χ1n) is 9.10. The van der Waals surface area contributed by atoms with Crippen LogP contribution in [0.5, 0.6) is 0 Å². The Morgan fingerprint density at radius 2 is 2.00 bits per heavy atom. The van der Waals surface area contributed by atoms with Gasteiger partial charge in [-0.25, -0.2) is 4.98 Å². The lowest BCUT2D eigenvalue weighted by atomic mass is 10.2. The minimum absolute atomic E-state index is 0. The lowest BCUT2D eigenvalue weighted by Crippen LogP contribution is -2.45. The predicted octanol–water partition coefficient (Wildman–Crippen LogP) is 1.95. The van der Waals surface area contributed by atoms with Crippen molar-refractivity contribution in [2.75, 3.05) is 51.7 Å². The van der Waals surface area contributed by atoms with Gasteiger partial charge in [0.05, 0.1) is 6.26 Å². The monoisotopic (exact) mass is 484 g/mol. The predicted molar refractivity (Wildman–Crippen MR) is 120 cm³/mol. The summed E-state index contributed by atoms with van der Waals surface area (Å²) in [5.74, 6) is 2.82. The largest absolute Gasteiger partial charge is 0.469 e. The number of guanidine groups is 1. The fourth-order valence-electron chi connectivity index (χ4n) is 3.03. The molecule has 0 aliphatic carbocycles. The van der Waals surface area contributed by atoms with Gasteiger partial charge in [0, 0.05) is 64.5 Å². The van der Waals surface area contributed by atoms with Gasteiger partial charge in [0.2, 0.25) is 0 Å². The van der Waals surface area contributed by atoms with E-state index in [1.807, 2.05) is 24.4 Å². The summed E-state index contributed by atoms with van der Waals surface area (Å²) in [7, 11) is 3.95. The molecule has 3 heterocycles. The van der Waals surface area contributed by atoms with Crippen molar-refractivity contribution in [1.82, 2.24) is 20.5 Å². The normalized spacial score (nSPS) is 15.3. The van der Waals surface area contributed by atoms with Crippen molar-refractivity contribution >= 4 is 35.8 Å². The van der Waals surface area contributed by atoms with Gasteiger partial charge in [-0.3, -0.25) is 4.99 Å². The molecular formula is C19H29IN6O. The van der Waals surface area contributed by atoms with E-state index in [-0.39, 0.29) is 24.0 Å². The van der Waals surface area contributed by atoms with Crippen LogP contribution >= 0.6 is 24.0 Å². The summed E-state index contributed by atoms with van der Waals surface area (Å²) in [4.78, 5) is 13.6. The van der Waals surface area contributed by atoms with E-state index in [9.17, 15) is 0 Å². The molecular weight excluding hydrogens is 455 g/mol. The number of hydrogen-bond donors (Lipinski definition) is 2. The highest BCUT2D eigenvalue weighted by Gasteiger charge is 2.17. The van der Waals surface area contributed by atoms with E-state index in [0.29, 0.717) is 6.54 Å². The number of nitrogens with one attached hydrogen (secondary N) is 2. The molecule has 2 N–H and O–H groups in total. The SMILES string of the molecule is CN=C(NCCc1ccco1)NCc1cccnc1N1CCN(C)CC1.I. The van der Waals surface area contributed by atoms with Crippen LogP contribution in [0.3, 0.4) is 0 Å². The van der Waals surface area contributed by atoms with Crippen LogP contribution in [0.4, 0.5) is 5.82 Å². The maximum atomic E-state index is 5.35. The molecule has 0 atom stereocenters. The highest BCUT2D eigenvalue weighted by atomic mass is 127. The molecule has 1 saturated heterocycles. The quantitative estimate of drug-likeness (QED) is 0.371. The van der Waals surface area contributed by atoms with E-state index in [0.717, 1.165) is 56.7 Å². The second-order valence-corrected chi connectivity index (χ2v) is 6.46. The van der Waals surface area contributed by atoms with Crippen molar-refractivity contribution in [2.24, 2.45) is 4.99 Å². The van der Waals surface area contributed by atoms with Gasteiger partial charge in [0.1, 0.15) is 11.6 Å². The van der Waals surface area contributed by atoms with E-state index in [1.54, 1.807) is 13.3 Å². The summed E-state index contributed by atoms with van der Waals surface area (Å²) < 4.78 is 5.35. The molecule has 3 rings (SSSR count). The maximum absolute atomic E-state index is 5.35. The fourth-order valence-corrected chi connectivity index (χ4v) is 3.03. The van der Waals surface area contributed by atoms with E-state index in [4.69, 9.17) is 4.42 Å². The van der Waals surface area contributed by atoms with Crippen LogP contribution in [0.15, 0.2) is 46.1 Å². The number of hydrogen-bond acceptors (Lipinski definition) is 5. The van der Waals surface area contributed by atoms with E-state index in [1.165, 1.54) is 5.56 Å². The fraction of sp³-hybridized carbons (Fsp3) is 0.474. The first kappa shape index (κ1) is 21.5. The molecule has 7 nitrogen and oxygen atoms in total. The Balaban J connectivity index is 0.00000261. The standard InChI is InChI=1S/C19H28N6O.HI/c1-20-19(22-9-7-17-6-4-14-26-17)23-15-16-5-3-8-21-18(16)25-12-10-24(2)11-13-25;/h3-6,8,14H,7,9-13,15H2,1-2H3,(H2,20,22,23);1H. The molecule has 1 aliphatic rings. The zero-order valence-electron chi connectivity index (χ0n) is 16.0. The van der Waals surface area contributed by atoms with Gasteiger partial charge < -0.3 is 24.9 Å². The molecule has 8 heteroatoms. The average molecular weight is 484 g/mol. The lowest BCUT2D eigenvalue weighted by molar-refractivity contribution is 0.312. The summed E-state index contributed by atoms with van der Waals surface area (Å²) in [6, 6.07) is 8.01. The topological polar surface area (TPSA) is 68.9 Å². The van der Waals surface area contributed by atoms with E-state index in [2.05, 4.69) is 43.5 Å². The van der Waals surface area contributed by atoms with Crippen LogP contribution in [0.2, 0.25) is 0 Å². The Labute approximate surface area is 178 Å². The molecule has 0 saturated carbocycles. The molecule has 2 aromatic heterocycles. The Morgan fingerprint density at radius 3 is 2.70 bits per heavy atom. The molecule has 2 aromatic rings. The number of likely N-dealkylation sites (N-methyl/N-ethyl adjacent to an activating group) is 1. The highest BCUT2D eigenvalue weighted by molar-refractivity contribution is 14.0. The van der Waals surface area contributed by atoms with Crippen molar-refractivity contribution in [1.29, 1.82) is 0 Å². The Bertz CT molecular complexity index is 698. The van der Waals surface area contributed by atoms with E-state index >= 15 is 0 Å². The van der Waals surface area contributed by atoms with Gasteiger partial charge in [-0.1, -0.05) is 6.07 Å². The molecule has 0 bridgehead atoms. The van der Waals surface area contributed by atoms with Gasteiger partial charge in [0.25, 0.3) is 0 Å². The summed E-state index contributed by atoms with van der Waals surface area (Å²) in [6.45, 7) is 5.62. The molecule has 1 fully saturated rings. The van der Waals surface area contributed by atoms with Crippen LogP contribution < -0.4 is 15.5 Å². The minimum atomic E-state index is 0. The van der Waals surface area contributed by atoms with Crippen LogP contribution in [-0.4, -0.2) is 62.7 Å². The van der Waals surface area contributed by atoms with E-state index < -0.39 is 0 Å². The van der Waals surface area contributed by atoms with Crippen molar-refractivity contribution in [3.05, 3.63) is 48.0 Å². The molecule has 0 unspecified atom stereocenters. The molecule has 0 amide bonds. The number of furan rings is 1. The smallest absolute Gasteiger partial charge is 0.191 e. The van der Waals surface area contributed by atoms with Crippen molar-refractivity contribution in [2.45, 2.75) is 13.0 Å². The third kappa shape index (κ3) is 6.39. The first-order valence-corrected chi connectivity index (χ1v) is 9.10. The molecule has 0 aromatic carbocycles. The Kier molecular flexibility index (Phi) is 8.86. The number of rotatable bonds is 6. The summed E-state index contributed by atoms with van der Waals surface area (Å²) in [5, 5.41) is 6.71. The summed E-state index contributed by atoms with van der Waals surface area (Å²) >= 11 is 0. The van der Waals surface area contributed by atoms with Gasteiger partial charge in [-0.2, -0.15) is 0 Å². The zero-order chi connectivity index (χ0) is 18.2. The van der Waals surface area contributed by atoms with Crippen LogP contribution in [0, 0.1) is 0 Å². The van der Waals surface area contributed by atoms with Crippen molar-refractivity contribution in [3.8, 4) is 0 Å². The van der Waals surface area contributed by atoms with Crippen LogP contribution in [-0.2, 0) is 13.0 Å². The number of anilines is 1. The maximum Gasteiger partial charge on any atom is 0.191 e. The second kappa shape index (κ2) is 11.1.